The lowest BCUT2D eigenvalue weighted by Gasteiger charge is -2.40. The predicted molar refractivity (Wildman–Crippen MR) is 100 cm³/mol. The standard InChI is InChI=1S/C15H34O4Si3/c1-10-22(18-20(4,5)6,19-21(7,8)9)13-11-12-17-15(16)14(2)3/h2,10-13H2,1,3-9H3. The van der Waals surface area contributed by atoms with Crippen LogP contribution >= 0.6 is 0 Å². The zero-order valence-corrected chi connectivity index (χ0v) is 18.7. The van der Waals surface area contributed by atoms with Crippen LogP contribution in [-0.2, 0) is 17.8 Å². The number of carbonyl (C=O) groups is 1. The molecule has 4 nitrogen and oxygen atoms in total. The van der Waals surface area contributed by atoms with Gasteiger partial charge in [0.1, 0.15) is 0 Å². The van der Waals surface area contributed by atoms with Crippen LogP contribution in [0, 0.1) is 0 Å². The second kappa shape index (κ2) is 8.58. The molecule has 0 fully saturated rings. The van der Waals surface area contributed by atoms with Crippen molar-refractivity contribution in [3.8, 4) is 0 Å². The summed E-state index contributed by atoms with van der Waals surface area (Å²) in [6.45, 7) is 21.1. The highest BCUT2D eigenvalue weighted by Gasteiger charge is 2.42. The summed E-state index contributed by atoms with van der Waals surface area (Å²) in [5.74, 6) is -0.319. The molecular weight excluding hydrogens is 328 g/mol. The van der Waals surface area contributed by atoms with Crippen LogP contribution in [0.4, 0.5) is 0 Å². The van der Waals surface area contributed by atoms with Crippen molar-refractivity contribution >= 4 is 31.2 Å². The van der Waals surface area contributed by atoms with E-state index in [2.05, 4.69) is 52.8 Å². The van der Waals surface area contributed by atoms with E-state index in [0.29, 0.717) is 12.2 Å². The molecule has 0 N–H and O–H groups in total. The fraction of sp³-hybridized carbons (Fsp3) is 0.800. The molecule has 0 aliphatic heterocycles. The molecule has 0 atom stereocenters. The Hall–Kier alpha value is -0.219. The highest BCUT2D eigenvalue weighted by molar-refractivity contribution is 6.88. The van der Waals surface area contributed by atoms with E-state index in [0.717, 1.165) is 18.5 Å². The van der Waals surface area contributed by atoms with Gasteiger partial charge in [-0.25, -0.2) is 4.79 Å². The summed E-state index contributed by atoms with van der Waals surface area (Å²) in [5.41, 5.74) is 0.440. The molecule has 0 aromatic rings. The van der Waals surface area contributed by atoms with Crippen LogP contribution < -0.4 is 0 Å². The molecule has 0 aromatic carbocycles. The summed E-state index contributed by atoms with van der Waals surface area (Å²) in [6.07, 6.45) is 0.786. The van der Waals surface area contributed by atoms with E-state index in [1.165, 1.54) is 0 Å². The number of rotatable bonds is 10. The van der Waals surface area contributed by atoms with E-state index in [9.17, 15) is 4.79 Å². The first-order valence-corrected chi connectivity index (χ1v) is 17.1. The van der Waals surface area contributed by atoms with Gasteiger partial charge in [0, 0.05) is 5.57 Å². The van der Waals surface area contributed by atoms with Crippen LogP contribution in [0.2, 0.25) is 51.4 Å². The van der Waals surface area contributed by atoms with Crippen molar-refractivity contribution in [1.82, 2.24) is 0 Å². The maximum absolute atomic E-state index is 11.4. The molecule has 0 aromatic heterocycles. The summed E-state index contributed by atoms with van der Waals surface area (Å²) >= 11 is 0. The molecule has 0 unspecified atom stereocenters. The SMILES string of the molecule is C=C(C)C(=O)OCCC[Si](CC)(O[Si](C)(C)C)O[Si](C)(C)C. The highest BCUT2D eigenvalue weighted by atomic mass is 28.5. The number of carbonyl (C=O) groups excluding carboxylic acids is 1. The zero-order valence-electron chi connectivity index (χ0n) is 15.7. The lowest BCUT2D eigenvalue weighted by Crippen LogP contribution is -2.54. The van der Waals surface area contributed by atoms with E-state index in [1.54, 1.807) is 6.92 Å². The van der Waals surface area contributed by atoms with Gasteiger partial charge in [-0.3, -0.25) is 0 Å². The first-order valence-electron chi connectivity index (χ1n) is 8.03. The zero-order chi connectivity index (χ0) is 17.6. The van der Waals surface area contributed by atoms with Crippen molar-refractivity contribution in [3.63, 3.8) is 0 Å². The molecule has 0 rings (SSSR count). The maximum atomic E-state index is 11.4. The quantitative estimate of drug-likeness (QED) is 0.245. The Balaban J connectivity index is 4.78. The smallest absolute Gasteiger partial charge is 0.333 e. The summed E-state index contributed by atoms with van der Waals surface area (Å²) in [6, 6.07) is 1.82. The van der Waals surface area contributed by atoms with Gasteiger partial charge in [-0.05, 0) is 64.7 Å². The van der Waals surface area contributed by atoms with E-state index >= 15 is 0 Å². The second-order valence-corrected chi connectivity index (χ2v) is 20.8. The van der Waals surface area contributed by atoms with E-state index in [1.807, 2.05) is 0 Å². The summed E-state index contributed by atoms with van der Waals surface area (Å²) in [5, 5.41) is 0. The van der Waals surface area contributed by atoms with Crippen molar-refractivity contribution in [2.75, 3.05) is 6.61 Å². The minimum atomic E-state index is -2.23. The topological polar surface area (TPSA) is 44.8 Å². The number of esters is 1. The molecule has 22 heavy (non-hydrogen) atoms. The third-order valence-electron chi connectivity index (χ3n) is 2.81. The normalized spacial score (nSPS) is 13.1. The Labute approximate surface area is 139 Å². The predicted octanol–water partition coefficient (Wildman–Crippen LogP) is 4.66. The highest BCUT2D eigenvalue weighted by Crippen LogP contribution is 2.28. The lowest BCUT2D eigenvalue weighted by molar-refractivity contribution is -0.138. The first-order chi connectivity index (χ1) is 9.80. The maximum Gasteiger partial charge on any atom is 0.333 e. The van der Waals surface area contributed by atoms with Gasteiger partial charge in [0.2, 0.25) is 0 Å². The molecular formula is C15H34O4Si3. The minimum absolute atomic E-state index is 0.319. The molecule has 0 aliphatic carbocycles. The van der Waals surface area contributed by atoms with Crippen LogP contribution in [0.5, 0.6) is 0 Å². The van der Waals surface area contributed by atoms with Crippen LogP contribution in [0.25, 0.3) is 0 Å². The summed E-state index contributed by atoms with van der Waals surface area (Å²) in [4.78, 5) is 11.4. The van der Waals surface area contributed by atoms with Crippen LogP contribution in [0.15, 0.2) is 12.2 Å². The van der Waals surface area contributed by atoms with Gasteiger partial charge in [0.25, 0.3) is 0 Å². The van der Waals surface area contributed by atoms with E-state index in [-0.39, 0.29) is 5.97 Å². The Morgan fingerprint density at radius 1 is 1.00 bits per heavy atom. The molecule has 0 spiro atoms. The van der Waals surface area contributed by atoms with Crippen LogP contribution in [0.1, 0.15) is 20.3 Å². The molecule has 0 saturated heterocycles. The van der Waals surface area contributed by atoms with Crippen molar-refractivity contribution in [2.24, 2.45) is 0 Å². The molecule has 0 bridgehead atoms. The Morgan fingerprint density at radius 2 is 1.45 bits per heavy atom. The van der Waals surface area contributed by atoms with E-state index in [4.69, 9.17) is 13.0 Å². The van der Waals surface area contributed by atoms with Gasteiger partial charge in [0.15, 0.2) is 16.6 Å². The summed E-state index contributed by atoms with van der Waals surface area (Å²) < 4.78 is 18.3. The van der Waals surface area contributed by atoms with E-state index < -0.39 is 25.2 Å². The molecule has 0 amide bonds. The van der Waals surface area contributed by atoms with Gasteiger partial charge < -0.3 is 13.0 Å². The minimum Gasteiger partial charge on any atom is -0.462 e. The fourth-order valence-electron chi connectivity index (χ4n) is 2.19. The van der Waals surface area contributed by atoms with Gasteiger partial charge in [0.05, 0.1) is 6.61 Å². The third-order valence-corrected chi connectivity index (χ3v) is 12.9. The van der Waals surface area contributed by atoms with Gasteiger partial charge >= 0.3 is 14.5 Å². The molecule has 0 radical (unpaired) electrons. The number of ether oxygens (including phenoxy) is 1. The number of hydrogen-bond acceptors (Lipinski definition) is 4. The summed E-state index contributed by atoms with van der Waals surface area (Å²) in [7, 11) is -5.58. The monoisotopic (exact) mass is 362 g/mol. The Bertz CT molecular complexity index is 367. The molecule has 0 saturated carbocycles. The van der Waals surface area contributed by atoms with Crippen molar-refractivity contribution in [2.45, 2.75) is 71.6 Å². The number of hydrogen-bond donors (Lipinski definition) is 0. The average molecular weight is 363 g/mol. The Kier molecular flexibility index (Phi) is 8.50. The largest absolute Gasteiger partial charge is 0.462 e. The third kappa shape index (κ3) is 9.73. The lowest BCUT2D eigenvalue weighted by atomic mass is 10.4. The molecule has 7 heteroatoms. The van der Waals surface area contributed by atoms with Crippen LogP contribution in [0.3, 0.4) is 0 Å². The van der Waals surface area contributed by atoms with Gasteiger partial charge in [-0.15, -0.1) is 0 Å². The first kappa shape index (κ1) is 21.8. The van der Waals surface area contributed by atoms with Crippen molar-refractivity contribution < 1.29 is 17.8 Å². The average Bonchev–Trinajstić information content (AvgIpc) is 2.29. The Morgan fingerprint density at radius 3 is 1.77 bits per heavy atom. The molecule has 130 valence electrons. The van der Waals surface area contributed by atoms with Crippen LogP contribution in [-0.4, -0.2) is 37.8 Å². The van der Waals surface area contributed by atoms with Gasteiger partial charge in [-0.2, -0.15) is 0 Å². The fourth-order valence-corrected chi connectivity index (χ4v) is 14.7. The van der Waals surface area contributed by atoms with Crippen molar-refractivity contribution in [1.29, 1.82) is 0 Å². The molecule has 0 aliphatic rings. The second-order valence-electron chi connectivity index (χ2n) is 7.71. The van der Waals surface area contributed by atoms with Gasteiger partial charge in [-0.1, -0.05) is 13.5 Å². The van der Waals surface area contributed by atoms with Crippen molar-refractivity contribution in [3.05, 3.63) is 12.2 Å². The molecule has 0 heterocycles.